The van der Waals surface area contributed by atoms with Crippen molar-refractivity contribution in [2.75, 3.05) is 32.5 Å². The minimum Gasteiger partial charge on any atom is -0.486 e. The molecule has 31 heavy (non-hydrogen) atoms. The van der Waals surface area contributed by atoms with Gasteiger partial charge < -0.3 is 14.8 Å². The Balaban J connectivity index is 1.27. The lowest BCUT2D eigenvalue weighted by Gasteiger charge is -2.31. The van der Waals surface area contributed by atoms with E-state index in [4.69, 9.17) is 9.47 Å². The summed E-state index contributed by atoms with van der Waals surface area (Å²) in [5.41, 5.74) is 0. The Kier molecular flexibility index (Phi) is 6.74. The maximum absolute atomic E-state index is 12.9. The van der Waals surface area contributed by atoms with Gasteiger partial charge in [0.2, 0.25) is 15.9 Å². The fourth-order valence-electron chi connectivity index (χ4n) is 3.78. The van der Waals surface area contributed by atoms with Crippen molar-refractivity contribution in [2.24, 2.45) is 5.92 Å². The first-order chi connectivity index (χ1) is 15.0. The van der Waals surface area contributed by atoms with E-state index < -0.39 is 10.0 Å². The number of hydrogen-bond acceptors (Lipinski definition) is 6. The number of rotatable bonds is 6. The third-order valence-electron chi connectivity index (χ3n) is 5.59. The van der Waals surface area contributed by atoms with Crippen LogP contribution in [0.1, 0.15) is 12.8 Å². The first-order valence-electron chi connectivity index (χ1n) is 10.3. The van der Waals surface area contributed by atoms with Gasteiger partial charge in [-0.15, -0.1) is 11.8 Å². The number of fused-ring (bicyclic) bond motifs is 1. The van der Waals surface area contributed by atoms with Gasteiger partial charge in [0.15, 0.2) is 11.5 Å². The Labute approximate surface area is 187 Å². The molecule has 0 aromatic heterocycles. The third-order valence-corrected chi connectivity index (χ3v) is 8.25. The quantitative estimate of drug-likeness (QED) is 0.665. The number of piperidine rings is 1. The van der Waals surface area contributed by atoms with Gasteiger partial charge in [-0.1, -0.05) is 12.1 Å². The lowest BCUT2D eigenvalue weighted by atomic mass is 9.97. The summed E-state index contributed by atoms with van der Waals surface area (Å²) in [6.45, 7) is 1.40. The Bertz CT molecular complexity index is 1020. The average molecular weight is 463 g/mol. The highest BCUT2D eigenvalue weighted by atomic mass is 32.2. The van der Waals surface area contributed by atoms with Crippen molar-refractivity contribution in [3.63, 3.8) is 0 Å². The van der Waals surface area contributed by atoms with E-state index in [9.17, 15) is 13.2 Å². The van der Waals surface area contributed by atoms with E-state index in [0.717, 1.165) is 4.90 Å². The van der Waals surface area contributed by atoms with Crippen molar-refractivity contribution in [3.05, 3.63) is 48.5 Å². The Morgan fingerprint density at radius 1 is 1.10 bits per heavy atom. The molecule has 0 aliphatic carbocycles. The summed E-state index contributed by atoms with van der Waals surface area (Å²) in [5.74, 6) is 1.12. The first kappa shape index (κ1) is 22.0. The Morgan fingerprint density at radius 3 is 2.45 bits per heavy atom. The molecule has 1 amide bonds. The molecule has 0 spiro atoms. The van der Waals surface area contributed by atoms with Gasteiger partial charge in [0.05, 0.1) is 11.4 Å². The average Bonchev–Trinajstić information content (AvgIpc) is 2.82. The maximum Gasteiger partial charge on any atom is 0.243 e. The van der Waals surface area contributed by atoms with Crippen LogP contribution in [0, 0.1) is 5.92 Å². The normalized spacial score (nSPS) is 19.7. The van der Waals surface area contributed by atoms with Crippen LogP contribution in [0.15, 0.2) is 58.3 Å². The number of hydrogen-bond donors (Lipinski definition) is 1. The zero-order valence-corrected chi connectivity index (χ0v) is 19.0. The summed E-state index contributed by atoms with van der Waals surface area (Å²) in [5, 5.41) is 2.94. The minimum atomic E-state index is -3.54. The zero-order valence-electron chi connectivity index (χ0n) is 17.3. The highest BCUT2D eigenvalue weighted by Crippen LogP contribution is 2.31. The SMILES string of the molecule is CSc1ccc(S(=O)(=O)N2CCC(C(=O)NC[C@@H]3COc4ccccc4O3)CC2)cc1. The monoisotopic (exact) mass is 462 g/mol. The van der Waals surface area contributed by atoms with Crippen molar-refractivity contribution in [1.82, 2.24) is 9.62 Å². The summed E-state index contributed by atoms with van der Waals surface area (Å²) >= 11 is 1.57. The molecular formula is C22H26N2O5S2. The number of carbonyl (C=O) groups excluding carboxylic acids is 1. The molecule has 4 rings (SSSR count). The van der Waals surface area contributed by atoms with Crippen LogP contribution in [0.5, 0.6) is 11.5 Å². The molecule has 9 heteroatoms. The molecule has 1 fully saturated rings. The minimum absolute atomic E-state index is 0.0659. The third kappa shape index (κ3) is 4.99. The molecule has 2 aromatic carbocycles. The molecule has 1 atom stereocenters. The molecule has 7 nitrogen and oxygen atoms in total. The second-order valence-corrected chi connectivity index (χ2v) is 10.4. The van der Waals surface area contributed by atoms with Crippen molar-refractivity contribution in [1.29, 1.82) is 0 Å². The Morgan fingerprint density at radius 2 is 1.77 bits per heavy atom. The number of nitrogens with one attached hydrogen (secondary N) is 1. The highest BCUT2D eigenvalue weighted by molar-refractivity contribution is 7.98. The predicted molar refractivity (Wildman–Crippen MR) is 119 cm³/mol. The molecule has 2 aromatic rings. The number of thioether (sulfide) groups is 1. The number of ether oxygens (including phenoxy) is 2. The van der Waals surface area contributed by atoms with E-state index in [-0.39, 0.29) is 17.9 Å². The standard InChI is InChI=1S/C22H26N2O5S2/c1-30-18-6-8-19(9-7-18)31(26,27)24-12-10-16(11-13-24)22(25)23-14-17-15-28-20-4-2-3-5-21(20)29-17/h2-9,16-17H,10-15H2,1H3,(H,23,25)/t17-/m1/s1. The van der Waals surface area contributed by atoms with Gasteiger partial charge >= 0.3 is 0 Å². The Hall–Kier alpha value is -2.23. The van der Waals surface area contributed by atoms with Crippen molar-refractivity contribution < 1.29 is 22.7 Å². The molecule has 1 saturated heterocycles. The largest absolute Gasteiger partial charge is 0.486 e. The van der Waals surface area contributed by atoms with Gasteiger partial charge in [-0.2, -0.15) is 4.31 Å². The summed E-state index contributed by atoms with van der Waals surface area (Å²) in [6.07, 6.45) is 2.70. The number of benzene rings is 2. The van der Waals surface area contributed by atoms with Crippen LogP contribution in [0.4, 0.5) is 0 Å². The smallest absolute Gasteiger partial charge is 0.243 e. The molecule has 0 bridgehead atoms. The summed E-state index contributed by atoms with van der Waals surface area (Å²) in [6, 6.07) is 14.4. The second-order valence-electron chi connectivity index (χ2n) is 7.60. The number of carbonyl (C=O) groups is 1. The van der Waals surface area contributed by atoms with Crippen LogP contribution < -0.4 is 14.8 Å². The van der Waals surface area contributed by atoms with Gasteiger partial charge in [-0.3, -0.25) is 4.79 Å². The lowest BCUT2D eigenvalue weighted by molar-refractivity contribution is -0.126. The molecule has 166 valence electrons. The van der Waals surface area contributed by atoms with E-state index in [2.05, 4.69) is 5.32 Å². The molecule has 0 unspecified atom stereocenters. The molecule has 2 aliphatic rings. The van der Waals surface area contributed by atoms with E-state index in [1.54, 1.807) is 23.9 Å². The fraction of sp³-hybridized carbons (Fsp3) is 0.409. The fourth-order valence-corrected chi connectivity index (χ4v) is 5.66. The van der Waals surface area contributed by atoms with Gasteiger partial charge in [0.1, 0.15) is 12.7 Å². The molecular weight excluding hydrogens is 436 g/mol. The van der Waals surface area contributed by atoms with Crippen molar-refractivity contribution >= 4 is 27.7 Å². The van der Waals surface area contributed by atoms with Crippen LogP contribution in [0.3, 0.4) is 0 Å². The van der Waals surface area contributed by atoms with Gasteiger partial charge in [0, 0.05) is 23.9 Å². The first-order valence-corrected chi connectivity index (χ1v) is 12.9. The van der Waals surface area contributed by atoms with Gasteiger partial charge in [-0.05, 0) is 55.5 Å². The van der Waals surface area contributed by atoms with Crippen molar-refractivity contribution in [3.8, 4) is 11.5 Å². The number of amides is 1. The topological polar surface area (TPSA) is 84.9 Å². The second kappa shape index (κ2) is 9.50. The van der Waals surface area contributed by atoms with Gasteiger partial charge in [-0.25, -0.2) is 8.42 Å². The van der Waals surface area contributed by atoms with E-state index in [1.165, 1.54) is 4.31 Å². The maximum atomic E-state index is 12.9. The molecule has 0 saturated carbocycles. The van der Waals surface area contributed by atoms with Crippen LogP contribution in [-0.4, -0.2) is 57.2 Å². The number of sulfonamides is 1. The number of para-hydroxylation sites is 2. The van der Waals surface area contributed by atoms with Crippen LogP contribution >= 0.6 is 11.8 Å². The highest BCUT2D eigenvalue weighted by Gasteiger charge is 2.32. The summed E-state index contributed by atoms with van der Waals surface area (Å²) < 4.78 is 38.8. The van der Waals surface area contributed by atoms with Crippen molar-refractivity contribution in [2.45, 2.75) is 28.7 Å². The molecule has 2 heterocycles. The number of nitrogens with zero attached hydrogens (tertiary/aromatic N) is 1. The summed E-state index contributed by atoms with van der Waals surface area (Å²) in [7, 11) is -3.54. The predicted octanol–water partition coefficient (Wildman–Crippen LogP) is 2.77. The molecule has 2 aliphatic heterocycles. The van der Waals surface area contributed by atoms with Crippen LogP contribution in [0.25, 0.3) is 0 Å². The zero-order chi connectivity index (χ0) is 21.8. The van der Waals surface area contributed by atoms with E-state index in [1.807, 2.05) is 42.7 Å². The summed E-state index contributed by atoms with van der Waals surface area (Å²) in [4.78, 5) is 13.9. The van der Waals surface area contributed by atoms with Crippen LogP contribution in [0.2, 0.25) is 0 Å². The van der Waals surface area contributed by atoms with E-state index >= 15 is 0 Å². The van der Waals surface area contributed by atoms with E-state index in [0.29, 0.717) is 55.5 Å². The van der Waals surface area contributed by atoms with Crippen LogP contribution in [-0.2, 0) is 14.8 Å². The molecule has 0 radical (unpaired) electrons. The lowest BCUT2D eigenvalue weighted by Crippen LogP contribution is -2.46. The van der Waals surface area contributed by atoms with Gasteiger partial charge in [0.25, 0.3) is 0 Å². The molecule has 1 N–H and O–H groups in total.